The van der Waals surface area contributed by atoms with Crippen LogP contribution in [0.1, 0.15) is 22.8 Å². The molecule has 2 aromatic carbocycles. The van der Waals surface area contributed by atoms with Gasteiger partial charge in [0.25, 0.3) is 0 Å². The first-order valence-corrected chi connectivity index (χ1v) is 7.01. The first-order chi connectivity index (χ1) is 9.10. The molecule has 2 rings (SSSR count). The number of benzene rings is 2. The summed E-state index contributed by atoms with van der Waals surface area (Å²) in [6, 6.07) is 12.3. The minimum Gasteiger partial charge on any atom is -0.494 e. The van der Waals surface area contributed by atoms with Crippen LogP contribution in [0.3, 0.4) is 0 Å². The Hall–Kier alpha value is -1.32. The molecular formula is C15H12BrClO2. The Kier molecular flexibility index (Phi) is 4.61. The van der Waals surface area contributed by atoms with Gasteiger partial charge in [-0.3, -0.25) is 4.79 Å². The highest BCUT2D eigenvalue weighted by Gasteiger charge is 2.11. The zero-order valence-electron chi connectivity index (χ0n) is 10.3. The van der Waals surface area contributed by atoms with Crippen LogP contribution < -0.4 is 4.74 Å². The summed E-state index contributed by atoms with van der Waals surface area (Å²) in [5.74, 6) is 0.610. The molecule has 0 N–H and O–H groups in total. The van der Waals surface area contributed by atoms with Crippen molar-refractivity contribution in [2.75, 3.05) is 6.61 Å². The van der Waals surface area contributed by atoms with E-state index in [0.29, 0.717) is 28.5 Å². The van der Waals surface area contributed by atoms with Crippen LogP contribution in [0.4, 0.5) is 0 Å². The van der Waals surface area contributed by atoms with Gasteiger partial charge in [-0.2, -0.15) is 0 Å². The second-order valence-electron chi connectivity index (χ2n) is 3.95. The number of carbonyl (C=O) groups excluding carboxylic acids is 1. The second kappa shape index (κ2) is 6.22. The van der Waals surface area contributed by atoms with Crippen molar-refractivity contribution in [3.63, 3.8) is 0 Å². The number of halogens is 2. The summed E-state index contributed by atoms with van der Waals surface area (Å²) >= 11 is 9.29. The van der Waals surface area contributed by atoms with Crippen molar-refractivity contribution in [3.8, 4) is 5.75 Å². The van der Waals surface area contributed by atoms with Crippen LogP contribution in [-0.2, 0) is 0 Å². The Balaban J connectivity index is 2.35. The van der Waals surface area contributed by atoms with E-state index in [4.69, 9.17) is 16.3 Å². The van der Waals surface area contributed by atoms with Gasteiger partial charge >= 0.3 is 0 Å². The van der Waals surface area contributed by atoms with E-state index >= 15 is 0 Å². The molecule has 0 aromatic heterocycles. The molecule has 0 fully saturated rings. The van der Waals surface area contributed by atoms with E-state index in [9.17, 15) is 4.79 Å². The molecule has 0 aliphatic carbocycles. The average Bonchev–Trinajstić information content (AvgIpc) is 2.37. The molecule has 4 heteroatoms. The van der Waals surface area contributed by atoms with Crippen molar-refractivity contribution in [2.24, 2.45) is 0 Å². The van der Waals surface area contributed by atoms with E-state index in [1.807, 2.05) is 13.0 Å². The molecule has 0 saturated heterocycles. The summed E-state index contributed by atoms with van der Waals surface area (Å²) in [5.41, 5.74) is 1.13. The minimum atomic E-state index is -0.0789. The van der Waals surface area contributed by atoms with Gasteiger partial charge in [0, 0.05) is 20.6 Å². The Labute approximate surface area is 125 Å². The van der Waals surface area contributed by atoms with Gasteiger partial charge in [-0.1, -0.05) is 39.7 Å². The van der Waals surface area contributed by atoms with Crippen LogP contribution in [0.15, 0.2) is 46.9 Å². The van der Waals surface area contributed by atoms with E-state index in [0.717, 1.165) is 4.47 Å². The van der Waals surface area contributed by atoms with Crippen molar-refractivity contribution >= 4 is 33.3 Å². The molecule has 0 atom stereocenters. The van der Waals surface area contributed by atoms with Gasteiger partial charge < -0.3 is 4.74 Å². The van der Waals surface area contributed by atoms with Gasteiger partial charge in [0.15, 0.2) is 5.78 Å². The molecule has 0 unspecified atom stereocenters. The SMILES string of the molecule is CCOc1cccc(C(=O)c2cc(Cl)cc(Br)c2)c1. The fourth-order valence-electron chi connectivity index (χ4n) is 1.75. The normalized spacial score (nSPS) is 10.3. The molecule has 2 aromatic rings. The van der Waals surface area contributed by atoms with Crippen LogP contribution in [0.5, 0.6) is 5.75 Å². The maximum Gasteiger partial charge on any atom is 0.193 e. The first-order valence-electron chi connectivity index (χ1n) is 5.84. The van der Waals surface area contributed by atoms with Gasteiger partial charge in [0.2, 0.25) is 0 Å². The van der Waals surface area contributed by atoms with Crippen LogP contribution >= 0.6 is 27.5 Å². The maximum atomic E-state index is 12.4. The number of ether oxygens (including phenoxy) is 1. The third-order valence-corrected chi connectivity index (χ3v) is 3.21. The number of rotatable bonds is 4. The molecule has 0 heterocycles. The molecular weight excluding hydrogens is 328 g/mol. The molecule has 0 spiro atoms. The van der Waals surface area contributed by atoms with E-state index < -0.39 is 0 Å². The topological polar surface area (TPSA) is 26.3 Å². The zero-order chi connectivity index (χ0) is 13.8. The third-order valence-electron chi connectivity index (χ3n) is 2.53. The predicted octanol–water partition coefficient (Wildman–Crippen LogP) is 4.73. The summed E-state index contributed by atoms with van der Waals surface area (Å²) in [6.45, 7) is 2.48. The first kappa shape index (κ1) is 14.1. The van der Waals surface area contributed by atoms with E-state index in [1.165, 1.54) is 0 Å². The largest absolute Gasteiger partial charge is 0.494 e. The number of ketones is 1. The van der Waals surface area contributed by atoms with E-state index in [-0.39, 0.29) is 5.78 Å². The van der Waals surface area contributed by atoms with Crippen molar-refractivity contribution in [1.29, 1.82) is 0 Å². The van der Waals surface area contributed by atoms with Gasteiger partial charge in [-0.05, 0) is 37.3 Å². The van der Waals surface area contributed by atoms with Crippen molar-refractivity contribution in [2.45, 2.75) is 6.92 Å². The summed E-state index contributed by atoms with van der Waals surface area (Å²) in [4.78, 5) is 12.4. The molecule has 0 amide bonds. The Morgan fingerprint density at radius 1 is 1.21 bits per heavy atom. The molecule has 0 saturated carbocycles. The highest BCUT2D eigenvalue weighted by molar-refractivity contribution is 9.10. The minimum absolute atomic E-state index is 0.0789. The Morgan fingerprint density at radius 3 is 2.68 bits per heavy atom. The smallest absolute Gasteiger partial charge is 0.193 e. The molecule has 2 nitrogen and oxygen atoms in total. The Morgan fingerprint density at radius 2 is 2.00 bits per heavy atom. The fourth-order valence-corrected chi connectivity index (χ4v) is 2.61. The predicted molar refractivity (Wildman–Crippen MR) is 80.2 cm³/mol. The van der Waals surface area contributed by atoms with Gasteiger partial charge in [0.05, 0.1) is 6.61 Å². The summed E-state index contributed by atoms with van der Waals surface area (Å²) in [6.07, 6.45) is 0. The molecule has 0 aliphatic heterocycles. The van der Waals surface area contributed by atoms with E-state index in [1.54, 1.807) is 36.4 Å². The van der Waals surface area contributed by atoms with Gasteiger partial charge in [0.1, 0.15) is 5.75 Å². The lowest BCUT2D eigenvalue weighted by molar-refractivity contribution is 0.103. The van der Waals surface area contributed by atoms with Crippen LogP contribution in [-0.4, -0.2) is 12.4 Å². The quantitative estimate of drug-likeness (QED) is 0.753. The summed E-state index contributed by atoms with van der Waals surface area (Å²) in [7, 11) is 0. The lowest BCUT2D eigenvalue weighted by atomic mass is 10.0. The summed E-state index contributed by atoms with van der Waals surface area (Å²) in [5, 5.41) is 0.527. The van der Waals surface area contributed by atoms with Crippen molar-refractivity contribution in [1.82, 2.24) is 0 Å². The lowest BCUT2D eigenvalue weighted by Crippen LogP contribution is -2.02. The highest BCUT2D eigenvalue weighted by atomic mass is 79.9. The van der Waals surface area contributed by atoms with Crippen LogP contribution in [0.25, 0.3) is 0 Å². The van der Waals surface area contributed by atoms with Gasteiger partial charge in [-0.15, -0.1) is 0 Å². The molecule has 0 bridgehead atoms. The summed E-state index contributed by atoms with van der Waals surface area (Å²) < 4.78 is 6.17. The van der Waals surface area contributed by atoms with Crippen molar-refractivity contribution in [3.05, 3.63) is 63.1 Å². The average molecular weight is 340 g/mol. The van der Waals surface area contributed by atoms with Crippen LogP contribution in [0.2, 0.25) is 5.02 Å². The Bertz CT molecular complexity index is 591. The standard InChI is InChI=1S/C15H12BrClO2/c1-2-19-14-5-3-4-10(8-14)15(18)11-6-12(16)9-13(17)7-11/h3-9H,2H2,1H3. The monoisotopic (exact) mass is 338 g/mol. The number of hydrogen-bond donors (Lipinski definition) is 0. The van der Waals surface area contributed by atoms with Crippen LogP contribution in [0, 0.1) is 0 Å². The zero-order valence-corrected chi connectivity index (χ0v) is 12.7. The molecule has 0 radical (unpaired) electrons. The van der Waals surface area contributed by atoms with Crippen molar-refractivity contribution < 1.29 is 9.53 Å². The number of carbonyl (C=O) groups is 1. The molecule has 98 valence electrons. The van der Waals surface area contributed by atoms with E-state index in [2.05, 4.69) is 15.9 Å². The van der Waals surface area contributed by atoms with Gasteiger partial charge in [-0.25, -0.2) is 0 Å². The second-order valence-corrected chi connectivity index (χ2v) is 5.30. The highest BCUT2D eigenvalue weighted by Crippen LogP contribution is 2.23. The molecule has 19 heavy (non-hydrogen) atoms. The molecule has 0 aliphatic rings. The lowest BCUT2D eigenvalue weighted by Gasteiger charge is -2.06. The number of hydrogen-bond acceptors (Lipinski definition) is 2. The fraction of sp³-hybridized carbons (Fsp3) is 0.133. The third kappa shape index (κ3) is 3.58. The maximum absolute atomic E-state index is 12.4.